The van der Waals surface area contributed by atoms with E-state index >= 15 is 0 Å². The number of fused-ring (bicyclic) bond motifs is 1. The molecule has 0 radical (unpaired) electrons. The van der Waals surface area contributed by atoms with Crippen LogP contribution in [0, 0.1) is 17.8 Å². The molecule has 5 rings (SSSR count). The number of nitrogens with zero attached hydrogens (tertiary/aromatic N) is 3. The van der Waals surface area contributed by atoms with E-state index in [0.29, 0.717) is 6.04 Å². The van der Waals surface area contributed by atoms with Crippen molar-refractivity contribution in [2.24, 2.45) is 17.8 Å². The third-order valence-corrected chi connectivity index (χ3v) is 6.14. The number of pyridine rings is 1. The van der Waals surface area contributed by atoms with Gasteiger partial charge in [-0.05, 0) is 75.6 Å². The molecule has 124 valence electrons. The summed E-state index contributed by atoms with van der Waals surface area (Å²) in [6, 6.07) is 4.21. The van der Waals surface area contributed by atoms with Gasteiger partial charge in [0.2, 0.25) is 5.91 Å². The van der Waals surface area contributed by atoms with Crippen LogP contribution in [0.5, 0.6) is 0 Å². The van der Waals surface area contributed by atoms with Gasteiger partial charge in [0.1, 0.15) is 6.04 Å². The summed E-state index contributed by atoms with van der Waals surface area (Å²) in [5, 5.41) is 0. The van der Waals surface area contributed by atoms with Gasteiger partial charge in [0, 0.05) is 25.0 Å². The largest absolute Gasteiger partial charge is 0.338 e. The second-order valence-electron chi connectivity index (χ2n) is 8.07. The smallest absolute Gasteiger partial charge is 0.244 e. The molecule has 4 aliphatic rings. The molecule has 3 heterocycles. The van der Waals surface area contributed by atoms with E-state index in [4.69, 9.17) is 0 Å². The Bertz CT molecular complexity index is 559. The zero-order valence-corrected chi connectivity index (χ0v) is 14.2. The minimum Gasteiger partial charge on any atom is -0.338 e. The maximum absolute atomic E-state index is 13.4. The topological polar surface area (TPSA) is 36.4 Å². The molecule has 23 heavy (non-hydrogen) atoms. The lowest BCUT2D eigenvalue weighted by Crippen LogP contribution is -2.47. The zero-order valence-electron chi connectivity index (χ0n) is 14.2. The Balaban J connectivity index is 1.62. The highest BCUT2D eigenvalue weighted by molar-refractivity contribution is 5.83. The molecule has 0 spiro atoms. The van der Waals surface area contributed by atoms with Crippen LogP contribution >= 0.6 is 0 Å². The van der Waals surface area contributed by atoms with Gasteiger partial charge >= 0.3 is 0 Å². The molecule has 0 N–H and O–H groups in total. The summed E-state index contributed by atoms with van der Waals surface area (Å²) in [7, 11) is 3.99. The van der Waals surface area contributed by atoms with E-state index in [1.807, 2.05) is 37.3 Å². The first kappa shape index (κ1) is 15.1. The maximum atomic E-state index is 13.4. The number of rotatable bonds is 3. The van der Waals surface area contributed by atoms with E-state index in [1.54, 1.807) is 6.20 Å². The van der Waals surface area contributed by atoms with Crippen molar-refractivity contribution in [3.63, 3.8) is 0 Å². The molecule has 2 saturated heterocycles. The number of amides is 1. The Hall–Kier alpha value is -1.42. The van der Waals surface area contributed by atoms with Crippen molar-refractivity contribution in [3.8, 4) is 0 Å². The van der Waals surface area contributed by atoms with E-state index in [1.165, 1.54) is 32.1 Å². The van der Waals surface area contributed by atoms with Crippen LogP contribution in [0.25, 0.3) is 0 Å². The van der Waals surface area contributed by atoms with Crippen LogP contribution in [0.4, 0.5) is 0 Å². The Kier molecular flexibility index (Phi) is 3.88. The highest BCUT2D eigenvalue weighted by Crippen LogP contribution is 2.48. The van der Waals surface area contributed by atoms with Crippen LogP contribution in [0.1, 0.15) is 43.7 Å². The molecule has 4 fully saturated rings. The van der Waals surface area contributed by atoms with E-state index in [2.05, 4.69) is 9.88 Å². The van der Waals surface area contributed by atoms with Gasteiger partial charge < -0.3 is 4.90 Å². The quantitative estimate of drug-likeness (QED) is 0.861. The Morgan fingerprint density at radius 1 is 1.17 bits per heavy atom. The fourth-order valence-corrected chi connectivity index (χ4v) is 5.41. The van der Waals surface area contributed by atoms with Crippen molar-refractivity contribution < 1.29 is 4.79 Å². The second kappa shape index (κ2) is 5.90. The second-order valence-corrected chi connectivity index (χ2v) is 8.07. The van der Waals surface area contributed by atoms with Crippen LogP contribution in [0.3, 0.4) is 0 Å². The van der Waals surface area contributed by atoms with E-state index in [0.717, 1.165) is 29.9 Å². The molecule has 2 aliphatic heterocycles. The summed E-state index contributed by atoms with van der Waals surface area (Å²) in [6.07, 6.45) is 10.2. The number of likely N-dealkylation sites (N-methyl/N-ethyl adjacent to an activating group) is 1. The Labute approximate surface area is 138 Å². The third-order valence-electron chi connectivity index (χ3n) is 6.14. The number of hydrogen-bond acceptors (Lipinski definition) is 3. The molecule has 1 aromatic rings. The van der Waals surface area contributed by atoms with E-state index < -0.39 is 0 Å². The number of hydrogen-bond donors (Lipinski definition) is 0. The summed E-state index contributed by atoms with van der Waals surface area (Å²) in [6.45, 7) is 0.973. The summed E-state index contributed by atoms with van der Waals surface area (Å²) < 4.78 is 0. The average molecular weight is 313 g/mol. The minimum atomic E-state index is -0.209. The zero-order chi connectivity index (χ0) is 16.0. The Morgan fingerprint density at radius 3 is 2.48 bits per heavy atom. The van der Waals surface area contributed by atoms with Gasteiger partial charge in [0.25, 0.3) is 0 Å². The molecule has 4 heteroatoms. The van der Waals surface area contributed by atoms with Gasteiger partial charge in [0.15, 0.2) is 0 Å². The molecule has 3 atom stereocenters. The Morgan fingerprint density at radius 2 is 1.87 bits per heavy atom. The molecular formula is C19H27N3O. The van der Waals surface area contributed by atoms with Gasteiger partial charge in [-0.1, -0.05) is 6.07 Å². The third kappa shape index (κ3) is 2.78. The predicted octanol–water partition coefficient (Wildman–Crippen LogP) is 2.72. The number of aromatic nitrogens is 1. The standard InChI is InChI=1S/C19H27N3O/c1-21(2)18(16-4-3-5-20-11-16)19(23)22-12-15-7-13-6-14(8-15)10-17(22)9-13/h3-5,11,13-15,17-18H,6-10,12H2,1-2H3. The molecular weight excluding hydrogens is 286 g/mol. The van der Waals surface area contributed by atoms with Crippen molar-refractivity contribution in [2.75, 3.05) is 20.6 Å². The molecule has 2 aliphatic carbocycles. The normalized spacial score (nSPS) is 33.8. The first-order chi connectivity index (χ1) is 11.1. The highest BCUT2D eigenvalue weighted by atomic mass is 16.2. The van der Waals surface area contributed by atoms with Crippen molar-refractivity contribution in [1.29, 1.82) is 0 Å². The summed E-state index contributed by atoms with van der Waals surface area (Å²) in [5.41, 5.74) is 1.01. The van der Waals surface area contributed by atoms with E-state index in [9.17, 15) is 4.79 Å². The number of carbonyl (C=O) groups excluding carboxylic acids is 1. The molecule has 1 aromatic heterocycles. The molecule has 4 nitrogen and oxygen atoms in total. The molecule has 1 amide bonds. The number of carbonyl (C=O) groups is 1. The van der Waals surface area contributed by atoms with Gasteiger partial charge in [-0.2, -0.15) is 0 Å². The van der Waals surface area contributed by atoms with Gasteiger partial charge in [-0.15, -0.1) is 0 Å². The van der Waals surface area contributed by atoms with E-state index in [-0.39, 0.29) is 11.9 Å². The summed E-state index contributed by atoms with van der Waals surface area (Å²) in [4.78, 5) is 21.9. The van der Waals surface area contributed by atoms with Crippen molar-refractivity contribution in [3.05, 3.63) is 30.1 Å². The molecule has 4 bridgehead atoms. The van der Waals surface area contributed by atoms with Crippen molar-refractivity contribution in [1.82, 2.24) is 14.8 Å². The van der Waals surface area contributed by atoms with Gasteiger partial charge in [0.05, 0.1) is 0 Å². The van der Waals surface area contributed by atoms with Crippen LogP contribution in [0.2, 0.25) is 0 Å². The average Bonchev–Trinajstić information content (AvgIpc) is 2.72. The van der Waals surface area contributed by atoms with Crippen LogP contribution in [-0.2, 0) is 4.79 Å². The molecule has 0 aromatic carbocycles. The lowest BCUT2D eigenvalue weighted by Gasteiger charge is -2.40. The van der Waals surface area contributed by atoms with Gasteiger partial charge in [-0.25, -0.2) is 0 Å². The minimum absolute atomic E-state index is 0.209. The van der Waals surface area contributed by atoms with Crippen molar-refractivity contribution in [2.45, 2.75) is 44.2 Å². The highest BCUT2D eigenvalue weighted by Gasteiger charge is 2.45. The molecule has 2 saturated carbocycles. The maximum Gasteiger partial charge on any atom is 0.244 e. The SMILES string of the molecule is CN(C)C(C(=O)N1CC2CC3CC(C2)CC1C3)c1cccnc1. The predicted molar refractivity (Wildman–Crippen MR) is 89.7 cm³/mol. The lowest BCUT2D eigenvalue weighted by molar-refractivity contribution is -0.139. The monoisotopic (exact) mass is 313 g/mol. The van der Waals surface area contributed by atoms with Gasteiger partial charge in [-0.3, -0.25) is 14.7 Å². The first-order valence-corrected chi connectivity index (χ1v) is 8.98. The lowest BCUT2D eigenvalue weighted by atomic mass is 9.68. The summed E-state index contributed by atoms with van der Waals surface area (Å²) >= 11 is 0. The summed E-state index contributed by atoms with van der Waals surface area (Å²) in [5.74, 6) is 2.74. The van der Waals surface area contributed by atoms with Crippen LogP contribution < -0.4 is 0 Å². The fourth-order valence-electron chi connectivity index (χ4n) is 5.41. The fraction of sp³-hybridized carbons (Fsp3) is 0.684. The van der Waals surface area contributed by atoms with Crippen LogP contribution in [-0.4, -0.2) is 47.4 Å². The molecule has 3 unspecified atom stereocenters. The first-order valence-electron chi connectivity index (χ1n) is 8.98. The van der Waals surface area contributed by atoms with Crippen molar-refractivity contribution >= 4 is 5.91 Å². The van der Waals surface area contributed by atoms with Crippen LogP contribution in [0.15, 0.2) is 24.5 Å².